The molecule has 0 spiro atoms. The van der Waals surface area contributed by atoms with E-state index in [0.29, 0.717) is 22.6 Å². The number of hydrogen-bond acceptors (Lipinski definition) is 4. The molecule has 1 heterocycles. The van der Waals surface area contributed by atoms with E-state index in [1.54, 1.807) is 31.4 Å². The summed E-state index contributed by atoms with van der Waals surface area (Å²) in [5.41, 5.74) is 12.1. The van der Waals surface area contributed by atoms with Gasteiger partial charge in [-0.1, -0.05) is 42.5 Å². The first-order chi connectivity index (χ1) is 12.2. The van der Waals surface area contributed by atoms with E-state index in [1.165, 1.54) is 7.11 Å². The molecule has 2 aromatic carbocycles. The van der Waals surface area contributed by atoms with Crippen LogP contribution in [-0.2, 0) is 9.53 Å². The fraction of sp³-hybridized carbons (Fsp3) is 0.105. The van der Waals surface area contributed by atoms with Gasteiger partial charge in [-0.3, -0.25) is 0 Å². The van der Waals surface area contributed by atoms with E-state index in [4.69, 9.17) is 9.47 Å². The second kappa shape index (κ2) is 6.95. The third-order valence-corrected chi connectivity index (χ3v) is 3.81. The molecule has 0 aliphatic carbocycles. The Morgan fingerprint density at radius 1 is 1.04 bits per heavy atom. The van der Waals surface area contributed by atoms with Crippen molar-refractivity contribution in [1.82, 2.24) is 0 Å². The summed E-state index contributed by atoms with van der Waals surface area (Å²) >= 11 is 0. The van der Waals surface area contributed by atoms with Crippen molar-refractivity contribution in [2.24, 2.45) is 4.99 Å². The number of aliphatic imine (C=N–C) groups is 1. The number of ether oxygens (including phenoxy) is 2. The van der Waals surface area contributed by atoms with E-state index in [2.05, 4.69) is 9.78 Å². The first-order valence-electron chi connectivity index (χ1n) is 7.53. The lowest BCUT2D eigenvalue weighted by molar-refractivity contribution is -0.136. The summed E-state index contributed by atoms with van der Waals surface area (Å²) in [6.07, 6.45) is 0. The van der Waals surface area contributed by atoms with Crippen LogP contribution in [-0.4, -0.2) is 36.4 Å². The van der Waals surface area contributed by atoms with Crippen LogP contribution in [0.25, 0.3) is 11.1 Å². The molecule has 6 heteroatoms. The number of methoxy groups -OCH3 is 2. The maximum absolute atomic E-state index is 12.2. The minimum atomic E-state index is -0.607. The Morgan fingerprint density at radius 2 is 1.76 bits per heavy atom. The van der Waals surface area contributed by atoms with Gasteiger partial charge < -0.3 is 15.0 Å². The van der Waals surface area contributed by atoms with Crippen LogP contribution in [0, 0.1) is 0 Å². The van der Waals surface area contributed by atoms with Gasteiger partial charge in [-0.25, -0.2) is 9.79 Å². The van der Waals surface area contributed by atoms with E-state index in [-0.39, 0.29) is 11.4 Å². The van der Waals surface area contributed by atoms with Gasteiger partial charge in [-0.15, -0.1) is 0 Å². The predicted molar refractivity (Wildman–Crippen MR) is 93.5 cm³/mol. The fourth-order valence-electron chi connectivity index (χ4n) is 2.64. The molecular weight excluding hydrogens is 318 g/mol. The highest BCUT2D eigenvalue weighted by molar-refractivity contribution is 6.63. The van der Waals surface area contributed by atoms with Gasteiger partial charge >= 0.3 is 11.7 Å². The smallest absolute Gasteiger partial charge is 0.357 e. The molecule has 0 unspecified atom stereocenters. The van der Waals surface area contributed by atoms with Gasteiger partial charge in [0, 0.05) is 5.56 Å². The third-order valence-electron chi connectivity index (χ3n) is 3.81. The number of hydrogen-bond donors (Lipinski definition) is 0. The summed E-state index contributed by atoms with van der Waals surface area (Å²) in [4.78, 5) is 20.0. The van der Waals surface area contributed by atoms with Crippen LogP contribution >= 0.6 is 0 Å². The lowest BCUT2D eigenvalue weighted by atomic mass is 9.95. The molecule has 0 saturated heterocycles. The summed E-state index contributed by atoms with van der Waals surface area (Å²) in [6, 6.07) is 16.3. The van der Waals surface area contributed by atoms with Crippen LogP contribution in [0.2, 0.25) is 0 Å². The first-order valence-corrected chi connectivity index (χ1v) is 7.53. The molecule has 124 valence electrons. The van der Waals surface area contributed by atoms with Crippen molar-refractivity contribution in [3.63, 3.8) is 0 Å². The maximum atomic E-state index is 12.2. The molecule has 0 amide bonds. The second-order valence-corrected chi connectivity index (χ2v) is 5.22. The van der Waals surface area contributed by atoms with Crippen LogP contribution in [0.4, 0.5) is 0 Å². The number of esters is 1. The highest BCUT2D eigenvalue weighted by atomic mass is 16.5. The predicted octanol–water partition coefficient (Wildman–Crippen LogP) is 2.75. The van der Waals surface area contributed by atoms with Crippen molar-refractivity contribution in [2.45, 2.75) is 0 Å². The Kier molecular flexibility index (Phi) is 4.55. The molecule has 3 rings (SSSR count). The second-order valence-electron chi connectivity index (χ2n) is 5.22. The zero-order valence-electron chi connectivity index (χ0n) is 13.8. The summed E-state index contributed by atoms with van der Waals surface area (Å²) in [5.74, 6) is 0.00423. The fourth-order valence-corrected chi connectivity index (χ4v) is 2.64. The molecule has 2 aromatic rings. The van der Waals surface area contributed by atoms with E-state index in [0.717, 1.165) is 5.56 Å². The molecular formula is C19H15N3O3. The lowest BCUT2D eigenvalue weighted by Gasteiger charge is -2.05. The van der Waals surface area contributed by atoms with Crippen LogP contribution in [0.3, 0.4) is 0 Å². The van der Waals surface area contributed by atoms with E-state index in [9.17, 15) is 10.3 Å². The van der Waals surface area contributed by atoms with E-state index in [1.807, 2.05) is 30.3 Å². The summed E-state index contributed by atoms with van der Waals surface area (Å²) in [7, 11) is 2.83. The Morgan fingerprint density at radius 3 is 2.40 bits per heavy atom. The maximum Gasteiger partial charge on any atom is 0.357 e. The largest absolute Gasteiger partial charge is 0.497 e. The normalized spacial score (nSPS) is 13.4. The molecule has 0 atom stereocenters. The summed E-state index contributed by atoms with van der Waals surface area (Å²) in [5, 5.41) is 0. The molecule has 25 heavy (non-hydrogen) atoms. The van der Waals surface area contributed by atoms with Crippen molar-refractivity contribution in [1.29, 1.82) is 0 Å². The van der Waals surface area contributed by atoms with Crippen molar-refractivity contribution < 1.29 is 19.1 Å². The monoisotopic (exact) mass is 333 g/mol. The Bertz CT molecular complexity index is 939. The van der Waals surface area contributed by atoms with Gasteiger partial charge in [0.25, 0.3) is 0 Å². The van der Waals surface area contributed by atoms with Crippen molar-refractivity contribution in [3.05, 3.63) is 77.0 Å². The Labute approximate surface area is 144 Å². The molecule has 0 N–H and O–H groups in total. The van der Waals surface area contributed by atoms with Gasteiger partial charge in [0.15, 0.2) is 11.4 Å². The average Bonchev–Trinajstić information content (AvgIpc) is 3.07. The number of benzene rings is 2. The van der Waals surface area contributed by atoms with Gasteiger partial charge in [0.1, 0.15) is 11.3 Å². The van der Waals surface area contributed by atoms with Gasteiger partial charge in [-0.2, -0.15) is 4.79 Å². The minimum absolute atomic E-state index is 0.0856. The van der Waals surface area contributed by atoms with Crippen LogP contribution in [0.5, 0.6) is 5.75 Å². The highest BCUT2D eigenvalue weighted by Gasteiger charge is 2.38. The number of carbonyl (C=O) groups is 1. The number of allylic oxidation sites excluding steroid dienone is 1. The molecule has 1 aliphatic rings. The van der Waals surface area contributed by atoms with E-state index < -0.39 is 5.97 Å². The number of rotatable bonds is 4. The molecule has 0 aromatic heterocycles. The molecule has 0 bridgehead atoms. The number of nitrogens with zero attached hydrogens (tertiary/aromatic N) is 3. The van der Waals surface area contributed by atoms with Crippen molar-refractivity contribution in [3.8, 4) is 5.75 Å². The average molecular weight is 333 g/mol. The first kappa shape index (κ1) is 16.4. The zero-order valence-corrected chi connectivity index (χ0v) is 13.8. The lowest BCUT2D eigenvalue weighted by Crippen LogP contribution is -2.15. The Hall–Kier alpha value is -3.50. The molecule has 0 radical (unpaired) electrons. The summed E-state index contributed by atoms with van der Waals surface area (Å²) in [6.45, 7) is 0. The third kappa shape index (κ3) is 2.98. The van der Waals surface area contributed by atoms with Crippen molar-refractivity contribution in [2.75, 3.05) is 14.2 Å². The SMILES string of the molecule is COC(=O)C1=C(c2cccc(OC)c2)C(=[N+]=[N-])C(c2ccccc2)=N1. The van der Waals surface area contributed by atoms with E-state index >= 15 is 0 Å². The van der Waals surface area contributed by atoms with Gasteiger partial charge in [-0.05, 0) is 17.7 Å². The molecule has 0 saturated carbocycles. The van der Waals surface area contributed by atoms with Gasteiger partial charge in [0.2, 0.25) is 0 Å². The highest BCUT2D eigenvalue weighted by Crippen LogP contribution is 2.31. The van der Waals surface area contributed by atoms with Gasteiger partial charge in [0.05, 0.1) is 14.2 Å². The van der Waals surface area contributed by atoms with Crippen LogP contribution in [0.1, 0.15) is 11.1 Å². The quantitative estimate of drug-likeness (QED) is 0.490. The minimum Gasteiger partial charge on any atom is -0.497 e. The topological polar surface area (TPSA) is 84.3 Å². The number of carbonyl (C=O) groups excluding carboxylic acids is 1. The van der Waals surface area contributed by atoms with Crippen LogP contribution in [0.15, 0.2) is 65.3 Å². The zero-order chi connectivity index (χ0) is 17.8. The van der Waals surface area contributed by atoms with Crippen molar-refractivity contribution >= 4 is 23.0 Å². The molecule has 1 aliphatic heterocycles. The standard InChI is InChI=1S/C19H15N3O3/c1-24-14-10-6-9-13(11-14)15-17(22-20)16(12-7-4-3-5-8-12)21-18(15)19(23)25-2/h3-11H,1-2H3. The van der Waals surface area contributed by atoms with Crippen LogP contribution < -0.4 is 4.74 Å². The Balaban J connectivity index is 2.20. The molecule has 0 fully saturated rings. The summed E-state index contributed by atoms with van der Waals surface area (Å²) < 4.78 is 10.1. The molecule has 6 nitrogen and oxygen atoms in total.